The van der Waals surface area contributed by atoms with Gasteiger partial charge in [0.05, 0.1) is 19.4 Å². The Labute approximate surface area is 166 Å². The number of benzene rings is 2. The third-order valence-electron chi connectivity index (χ3n) is 3.48. The van der Waals surface area contributed by atoms with Crippen molar-refractivity contribution in [1.29, 1.82) is 0 Å². The molecule has 0 spiro atoms. The Morgan fingerprint density at radius 3 is 2.52 bits per heavy atom. The SMILES string of the molecule is COc1ccccc1NC(N)=NCCCOCCc1ccccc1.I. The number of hydrogen-bond acceptors (Lipinski definition) is 3. The molecule has 0 aliphatic carbocycles. The minimum Gasteiger partial charge on any atom is -0.495 e. The van der Waals surface area contributed by atoms with Crippen molar-refractivity contribution in [3.8, 4) is 5.75 Å². The molecule has 136 valence electrons. The van der Waals surface area contributed by atoms with Gasteiger partial charge in [-0.2, -0.15) is 0 Å². The number of anilines is 1. The number of nitrogens with one attached hydrogen (secondary N) is 1. The highest BCUT2D eigenvalue weighted by molar-refractivity contribution is 14.0. The van der Waals surface area contributed by atoms with E-state index in [1.165, 1.54) is 5.56 Å². The Balaban J connectivity index is 0.00000312. The van der Waals surface area contributed by atoms with E-state index in [2.05, 4.69) is 22.4 Å². The van der Waals surface area contributed by atoms with Crippen LogP contribution in [0.15, 0.2) is 59.6 Å². The molecular weight excluding hydrogens is 429 g/mol. The van der Waals surface area contributed by atoms with Crippen LogP contribution in [0, 0.1) is 0 Å². The summed E-state index contributed by atoms with van der Waals surface area (Å²) in [4.78, 5) is 4.30. The first kappa shape index (κ1) is 21.2. The molecule has 0 saturated heterocycles. The second kappa shape index (κ2) is 12.5. The second-order valence-electron chi connectivity index (χ2n) is 5.29. The zero-order valence-corrected chi connectivity index (χ0v) is 16.8. The lowest BCUT2D eigenvalue weighted by Gasteiger charge is -2.10. The average molecular weight is 455 g/mol. The van der Waals surface area contributed by atoms with Crippen LogP contribution in [0.3, 0.4) is 0 Å². The van der Waals surface area contributed by atoms with Gasteiger partial charge in [-0.15, -0.1) is 24.0 Å². The summed E-state index contributed by atoms with van der Waals surface area (Å²) in [5.74, 6) is 1.11. The highest BCUT2D eigenvalue weighted by atomic mass is 127. The maximum absolute atomic E-state index is 5.89. The Morgan fingerprint density at radius 2 is 1.76 bits per heavy atom. The molecule has 0 saturated carbocycles. The lowest BCUT2D eigenvalue weighted by Crippen LogP contribution is -2.23. The van der Waals surface area contributed by atoms with Gasteiger partial charge in [-0.3, -0.25) is 4.99 Å². The van der Waals surface area contributed by atoms with E-state index in [0.717, 1.165) is 30.9 Å². The summed E-state index contributed by atoms with van der Waals surface area (Å²) in [6, 6.07) is 17.9. The first-order valence-corrected chi connectivity index (χ1v) is 8.11. The standard InChI is InChI=1S/C19H25N3O2.HI/c1-23-18-11-6-5-10-17(18)22-19(20)21-13-7-14-24-15-12-16-8-3-2-4-9-16;/h2-6,8-11H,7,12-15H2,1H3,(H3,20,21,22);1H. The van der Waals surface area contributed by atoms with Gasteiger partial charge in [0.2, 0.25) is 0 Å². The van der Waals surface area contributed by atoms with Crippen molar-refractivity contribution >= 4 is 35.6 Å². The van der Waals surface area contributed by atoms with Crippen molar-refractivity contribution in [2.24, 2.45) is 10.7 Å². The first-order valence-electron chi connectivity index (χ1n) is 8.11. The number of ether oxygens (including phenoxy) is 2. The van der Waals surface area contributed by atoms with E-state index in [1.807, 2.05) is 42.5 Å². The summed E-state index contributed by atoms with van der Waals surface area (Å²) < 4.78 is 10.9. The lowest BCUT2D eigenvalue weighted by atomic mass is 10.2. The van der Waals surface area contributed by atoms with Crippen molar-refractivity contribution in [3.63, 3.8) is 0 Å². The van der Waals surface area contributed by atoms with Gasteiger partial charge in [-0.1, -0.05) is 42.5 Å². The third-order valence-corrected chi connectivity index (χ3v) is 3.48. The van der Waals surface area contributed by atoms with E-state index in [-0.39, 0.29) is 24.0 Å². The van der Waals surface area contributed by atoms with E-state index in [0.29, 0.717) is 19.1 Å². The Morgan fingerprint density at radius 1 is 1.04 bits per heavy atom. The Bertz CT molecular complexity index is 636. The molecule has 0 atom stereocenters. The summed E-state index contributed by atoms with van der Waals surface area (Å²) in [7, 11) is 1.63. The van der Waals surface area contributed by atoms with E-state index in [9.17, 15) is 0 Å². The zero-order valence-electron chi connectivity index (χ0n) is 14.5. The van der Waals surface area contributed by atoms with Crippen molar-refractivity contribution in [2.75, 3.05) is 32.2 Å². The molecule has 0 aliphatic heterocycles. The number of halogens is 1. The van der Waals surface area contributed by atoms with Crippen LogP contribution in [0.2, 0.25) is 0 Å². The van der Waals surface area contributed by atoms with Crippen LogP contribution in [0.25, 0.3) is 0 Å². The van der Waals surface area contributed by atoms with Gasteiger partial charge in [0.25, 0.3) is 0 Å². The van der Waals surface area contributed by atoms with Gasteiger partial charge in [0.1, 0.15) is 5.75 Å². The van der Waals surface area contributed by atoms with E-state index in [1.54, 1.807) is 7.11 Å². The Hall–Kier alpha value is -1.80. The highest BCUT2D eigenvalue weighted by Crippen LogP contribution is 2.22. The number of methoxy groups -OCH3 is 1. The van der Waals surface area contributed by atoms with Gasteiger partial charge in [0, 0.05) is 13.2 Å². The monoisotopic (exact) mass is 455 g/mol. The fourth-order valence-electron chi connectivity index (χ4n) is 2.23. The quantitative estimate of drug-likeness (QED) is 0.262. The average Bonchev–Trinajstić information content (AvgIpc) is 2.62. The summed E-state index contributed by atoms with van der Waals surface area (Å²) in [5, 5.41) is 3.05. The van der Waals surface area contributed by atoms with E-state index >= 15 is 0 Å². The van der Waals surface area contributed by atoms with Gasteiger partial charge < -0.3 is 20.5 Å². The molecule has 5 nitrogen and oxygen atoms in total. The largest absolute Gasteiger partial charge is 0.495 e. The fraction of sp³-hybridized carbons (Fsp3) is 0.316. The van der Waals surface area contributed by atoms with Gasteiger partial charge >= 0.3 is 0 Å². The molecule has 25 heavy (non-hydrogen) atoms. The van der Waals surface area contributed by atoms with Crippen molar-refractivity contribution in [1.82, 2.24) is 0 Å². The predicted octanol–water partition coefficient (Wildman–Crippen LogP) is 3.69. The summed E-state index contributed by atoms with van der Waals surface area (Å²) in [6.45, 7) is 2.03. The maximum Gasteiger partial charge on any atom is 0.193 e. The number of nitrogens with zero attached hydrogens (tertiary/aromatic N) is 1. The molecule has 0 bridgehead atoms. The topological polar surface area (TPSA) is 68.9 Å². The normalized spacial score (nSPS) is 10.8. The number of rotatable bonds is 9. The first-order chi connectivity index (χ1) is 11.8. The number of hydrogen-bond donors (Lipinski definition) is 2. The number of nitrogens with two attached hydrogens (primary N) is 1. The molecule has 0 aliphatic rings. The van der Waals surface area contributed by atoms with Crippen LogP contribution in [0.5, 0.6) is 5.75 Å². The van der Waals surface area contributed by atoms with Crippen LogP contribution < -0.4 is 15.8 Å². The van der Waals surface area contributed by atoms with Crippen molar-refractivity contribution in [2.45, 2.75) is 12.8 Å². The van der Waals surface area contributed by atoms with Crippen LogP contribution in [0.1, 0.15) is 12.0 Å². The number of aliphatic imine (C=N–C) groups is 1. The maximum atomic E-state index is 5.89. The van der Waals surface area contributed by atoms with Gasteiger partial charge in [-0.05, 0) is 30.5 Å². The number of guanidine groups is 1. The summed E-state index contributed by atoms with van der Waals surface area (Å²) >= 11 is 0. The summed E-state index contributed by atoms with van der Waals surface area (Å²) in [5.41, 5.74) is 7.99. The van der Waals surface area contributed by atoms with Crippen LogP contribution in [0.4, 0.5) is 5.69 Å². The molecule has 0 heterocycles. The fourth-order valence-corrected chi connectivity index (χ4v) is 2.23. The van der Waals surface area contributed by atoms with Gasteiger partial charge in [0.15, 0.2) is 5.96 Å². The third kappa shape index (κ3) is 8.22. The molecule has 0 amide bonds. The molecule has 2 aromatic rings. The van der Waals surface area contributed by atoms with Crippen molar-refractivity contribution in [3.05, 3.63) is 60.2 Å². The summed E-state index contributed by atoms with van der Waals surface area (Å²) in [6.07, 6.45) is 1.77. The molecule has 2 aromatic carbocycles. The molecule has 6 heteroatoms. The van der Waals surface area contributed by atoms with Gasteiger partial charge in [-0.25, -0.2) is 0 Å². The molecule has 0 radical (unpaired) electrons. The van der Waals surface area contributed by atoms with E-state index < -0.39 is 0 Å². The van der Waals surface area contributed by atoms with Crippen LogP contribution >= 0.6 is 24.0 Å². The zero-order chi connectivity index (χ0) is 17.0. The Kier molecular flexibility index (Phi) is 10.7. The molecule has 0 aromatic heterocycles. The molecule has 0 fully saturated rings. The second-order valence-corrected chi connectivity index (χ2v) is 5.29. The highest BCUT2D eigenvalue weighted by Gasteiger charge is 2.01. The molecule has 0 unspecified atom stereocenters. The minimum atomic E-state index is 0. The molecule has 2 rings (SSSR count). The van der Waals surface area contributed by atoms with Crippen LogP contribution in [-0.2, 0) is 11.2 Å². The molecular formula is C19H26IN3O2. The number of para-hydroxylation sites is 2. The smallest absolute Gasteiger partial charge is 0.193 e. The predicted molar refractivity (Wildman–Crippen MR) is 114 cm³/mol. The lowest BCUT2D eigenvalue weighted by molar-refractivity contribution is 0.136. The van der Waals surface area contributed by atoms with Crippen molar-refractivity contribution < 1.29 is 9.47 Å². The van der Waals surface area contributed by atoms with Crippen LogP contribution in [-0.4, -0.2) is 32.8 Å². The minimum absolute atomic E-state index is 0. The molecule has 3 N–H and O–H groups in total. The van der Waals surface area contributed by atoms with E-state index in [4.69, 9.17) is 15.2 Å².